The molecule has 0 unspecified atom stereocenters. The van der Waals surface area contributed by atoms with Gasteiger partial charge in [0.15, 0.2) is 23.3 Å². The molecule has 18 nitrogen and oxygen atoms in total. The number of pyridine rings is 6. The highest BCUT2D eigenvalue weighted by Gasteiger charge is 2.34. The number of fused-ring (bicyclic) bond motifs is 2. The van der Waals surface area contributed by atoms with E-state index in [4.69, 9.17) is 91.0 Å². The third-order valence-corrected chi connectivity index (χ3v) is 17.5. The zero-order chi connectivity index (χ0) is 65.8. The monoisotopic (exact) mass is 1340 g/mol. The summed E-state index contributed by atoms with van der Waals surface area (Å²) in [6.07, 6.45) is 5.68. The summed E-state index contributed by atoms with van der Waals surface area (Å²) in [6, 6.07) is 10.5. The van der Waals surface area contributed by atoms with Crippen LogP contribution in [0.4, 0.5) is 40.3 Å². The van der Waals surface area contributed by atoms with Gasteiger partial charge in [0.1, 0.15) is 34.6 Å². The molecule has 2 aliphatic heterocycles. The number of nitrogen functional groups attached to an aromatic ring is 2. The van der Waals surface area contributed by atoms with E-state index < -0.39 is 65.9 Å². The number of nitriles is 2. The molecule has 4 N–H and O–H groups in total. The molecule has 2 aliphatic rings. The van der Waals surface area contributed by atoms with E-state index in [1.807, 2.05) is 37.5 Å². The van der Waals surface area contributed by atoms with Crippen molar-refractivity contribution < 1.29 is 27.2 Å². The third kappa shape index (κ3) is 11.4. The number of piperazine rings is 2. The van der Waals surface area contributed by atoms with Crippen LogP contribution in [0.25, 0.3) is 56.0 Å². The first-order valence-corrected chi connectivity index (χ1v) is 29.8. The molecule has 2 amide bonds. The highest BCUT2D eigenvalue weighted by molar-refractivity contribution is 6.43. The van der Waals surface area contributed by atoms with E-state index in [1.165, 1.54) is 33.4 Å². The lowest BCUT2D eigenvalue weighted by atomic mass is 10.0. The predicted octanol–water partition coefficient (Wildman–Crippen LogP) is 12.8. The zero-order valence-corrected chi connectivity index (χ0v) is 53.3. The van der Waals surface area contributed by atoms with Crippen molar-refractivity contribution in [1.82, 2.24) is 38.9 Å². The van der Waals surface area contributed by atoms with Gasteiger partial charge < -0.3 is 31.1 Å². The molecule has 2 aromatic carbocycles. The van der Waals surface area contributed by atoms with Crippen LogP contribution in [-0.2, 0) is 9.59 Å². The Morgan fingerprint density at radius 2 is 0.900 bits per heavy atom. The molecule has 8 heterocycles. The Morgan fingerprint density at radius 3 is 1.20 bits per heavy atom. The summed E-state index contributed by atoms with van der Waals surface area (Å²) in [5.74, 6) is -6.51. The standard InChI is InChI=1S/2C31H26Cl3F2N7O2/c2*1-5-19(44)41-8-10-42(11-9-41)29-16-12-18(32)27(20-21(33)23(35)24(36)25(38)22(20)34)40-30(16)43(31(45)17(29)13-37)28-15(4)6-7-39-26(28)14(2)3/h2*5-7,12,14H,1,8-11,38H2,2-4H3. The summed E-state index contributed by atoms with van der Waals surface area (Å²) in [6.45, 7) is 20.6. The number of carbonyl (C=O) groups excluding carboxylic acids is 2. The van der Waals surface area contributed by atoms with Gasteiger partial charge in [0.05, 0.1) is 87.0 Å². The molecule has 0 saturated carbocycles. The zero-order valence-electron chi connectivity index (χ0n) is 48.8. The quantitative estimate of drug-likeness (QED) is 0.0425. The summed E-state index contributed by atoms with van der Waals surface area (Å²) < 4.78 is 61.0. The van der Waals surface area contributed by atoms with Gasteiger partial charge in [0.2, 0.25) is 11.8 Å². The minimum absolute atomic E-state index is 0.0337. The lowest BCUT2D eigenvalue weighted by Gasteiger charge is -2.36. The lowest BCUT2D eigenvalue weighted by molar-refractivity contribution is -0.127. The van der Waals surface area contributed by atoms with Crippen molar-refractivity contribution in [3.05, 3.63) is 170 Å². The van der Waals surface area contributed by atoms with E-state index in [1.54, 1.807) is 48.2 Å². The van der Waals surface area contributed by atoms with Crippen LogP contribution in [0, 0.1) is 59.8 Å². The molecule has 10 rings (SSSR count). The number of amides is 2. The second kappa shape index (κ2) is 26.2. The van der Waals surface area contributed by atoms with Gasteiger partial charge in [-0.3, -0.25) is 38.3 Å². The third-order valence-electron chi connectivity index (χ3n) is 15.5. The average Bonchev–Trinajstić information content (AvgIpc) is 0.747. The Balaban J connectivity index is 0.000000213. The summed E-state index contributed by atoms with van der Waals surface area (Å²) in [7, 11) is 0. The number of hydrogen-bond acceptors (Lipinski definition) is 14. The minimum atomic E-state index is -1.44. The number of hydrogen-bond donors (Lipinski definition) is 2. The molecule has 6 aromatic heterocycles. The molecular weight excluding hydrogens is 1290 g/mol. The molecular formula is C62H52Cl6F4N14O4. The number of nitrogens with two attached hydrogens (primary N) is 2. The number of aryl methyl sites for hydroxylation is 2. The Morgan fingerprint density at radius 1 is 0.567 bits per heavy atom. The Kier molecular flexibility index (Phi) is 19.2. The summed E-state index contributed by atoms with van der Waals surface area (Å²) in [4.78, 5) is 78.6. The Hall–Kier alpha value is -8.48. The second-order valence-electron chi connectivity index (χ2n) is 21.5. The van der Waals surface area contributed by atoms with Crippen LogP contribution in [0.3, 0.4) is 0 Å². The first-order chi connectivity index (χ1) is 42.7. The molecule has 0 atom stereocenters. The molecule has 2 fully saturated rings. The molecule has 0 aliphatic carbocycles. The SMILES string of the molecule is C=CC(=O)N1CCN(c2c(C#N)c(=O)n(-c3c(C)ccnc3C(C)C)c3nc(-c4c(Cl)c(N)c(F)c(F)c4Cl)c(Cl)cc23)CC1.C=CC(=O)N1CCN(c2c(C#N)c(=O)n(-c3c(C)ccnc3C(C)C)c3nc(-c4c(Cl)c(N)c(F)c(F)c4Cl)c(Cl)cc23)CC1. The van der Waals surface area contributed by atoms with E-state index in [-0.39, 0.29) is 116 Å². The van der Waals surface area contributed by atoms with Gasteiger partial charge in [-0.05, 0) is 73.2 Å². The summed E-state index contributed by atoms with van der Waals surface area (Å²) in [5.41, 5.74) is 11.3. The predicted molar refractivity (Wildman–Crippen MR) is 345 cm³/mol. The van der Waals surface area contributed by atoms with E-state index in [0.29, 0.717) is 70.8 Å². The number of aromatic nitrogens is 6. The highest BCUT2D eigenvalue weighted by Crippen LogP contribution is 2.48. The second-order valence-corrected chi connectivity index (χ2v) is 23.8. The molecule has 0 bridgehead atoms. The van der Waals surface area contributed by atoms with Crippen LogP contribution >= 0.6 is 69.6 Å². The van der Waals surface area contributed by atoms with Crippen molar-refractivity contribution in [2.45, 2.75) is 53.4 Å². The van der Waals surface area contributed by atoms with Crippen molar-refractivity contribution in [1.29, 1.82) is 10.5 Å². The normalized spacial score (nSPS) is 13.4. The highest BCUT2D eigenvalue weighted by atomic mass is 35.5. The van der Waals surface area contributed by atoms with Crippen molar-refractivity contribution in [2.75, 3.05) is 73.6 Å². The van der Waals surface area contributed by atoms with Gasteiger partial charge in [0.25, 0.3) is 11.1 Å². The Labute approximate surface area is 542 Å². The average molecular weight is 1350 g/mol. The van der Waals surface area contributed by atoms with Crippen molar-refractivity contribution in [3.8, 4) is 46.0 Å². The van der Waals surface area contributed by atoms with Gasteiger partial charge in [-0.15, -0.1) is 0 Å². The van der Waals surface area contributed by atoms with Crippen LogP contribution in [0.5, 0.6) is 0 Å². The van der Waals surface area contributed by atoms with Crippen LogP contribution in [0.15, 0.2) is 71.6 Å². The number of carbonyl (C=O) groups is 2. The number of anilines is 4. The summed E-state index contributed by atoms with van der Waals surface area (Å²) in [5, 5.41) is 19.0. The molecule has 464 valence electrons. The van der Waals surface area contributed by atoms with E-state index in [0.717, 1.165) is 0 Å². The maximum atomic E-state index is 14.8. The van der Waals surface area contributed by atoms with Crippen LogP contribution in [-0.4, -0.2) is 103 Å². The van der Waals surface area contributed by atoms with Gasteiger partial charge in [0, 0.05) is 86.7 Å². The Bertz CT molecular complexity index is 4260. The smallest absolute Gasteiger partial charge is 0.276 e. The first kappa shape index (κ1) is 66.0. The van der Waals surface area contributed by atoms with Gasteiger partial charge in [-0.2, -0.15) is 10.5 Å². The fraction of sp³-hybridized carbons (Fsp3) is 0.258. The van der Waals surface area contributed by atoms with E-state index in [9.17, 15) is 47.3 Å². The lowest BCUT2D eigenvalue weighted by Crippen LogP contribution is -2.49. The number of benzene rings is 2. The van der Waals surface area contributed by atoms with Gasteiger partial charge in [-0.1, -0.05) is 110 Å². The van der Waals surface area contributed by atoms with Gasteiger partial charge in [-0.25, -0.2) is 27.5 Å². The van der Waals surface area contributed by atoms with E-state index >= 15 is 0 Å². The molecule has 8 aromatic rings. The van der Waals surface area contributed by atoms with Crippen molar-refractivity contribution in [2.24, 2.45) is 0 Å². The van der Waals surface area contributed by atoms with Crippen LogP contribution < -0.4 is 32.4 Å². The molecule has 0 radical (unpaired) electrons. The molecule has 90 heavy (non-hydrogen) atoms. The largest absolute Gasteiger partial charge is 0.395 e. The van der Waals surface area contributed by atoms with Crippen molar-refractivity contribution >= 4 is 126 Å². The van der Waals surface area contributed by atoms with Crippen LogP contribution in [0.2, 0.25) is 30.1 Å². The maximum Gasteiger partial charge on any atom is 0.276 e. The number of nitrogens with zero attached hydrogens (tertiary/aromatic N) is 12. The molecule has 0 spiro atoms. The fourth-order valence-corrected chi connectivity index (χ4v) is 12.7. The number of halogens is 10. The topological polar surface area (TPSA) is 242 Å². The minimum Gasteiger partial charge on any atom is -0.395 e. The molecule has 2 saturated heterocycles. The van der Waals surface area contributed by atoms with Crippen molar-refractivity contribution in [3.63, 3.8) is 0 Å². The van der Waals surface area contributed by atoms with Gasteiger partial charge >= 0.3 is 0 Å². The maximum absolute atomic E-state index is 14.8. The summed E-state index contributed by atoms with van der Waals surface area (Å²) >= 11 is 38.8. The van der Waals surface area contributed by atoms with Crippen LogP contribution in [0.1, 0.15) is 73.2 Å². The number of rotatable bonds is 10. The first-order valence-electron chi connectivity index (χ1n) is 27.5. The fourth-order valence-electron chi connectivity index (χ4n) is 11.0. The van der Waals surface area contributed by atoms with E-state index in [2.05, 4.69) is 35.3 Å². The molecule has 28 heteroatoms.